The van der Waals surface area contributed by atoms with Crippen LogP contribution in [0.1, 0.15) is 19.4 Å². The van der Waals surface area contributed by atoms with E-state index >= 15 is 0 Å². The predicted molar refractivity (Wildman–Crippen MR) is 84.2 cm³/mol. The van der Waals surface area contributed by atoms with Crippen LogP contribution in [0.4, 0.5) is 0 Å². The zero-order valence-corrected chi connectivity index (χ0v) is 13.5. The zero-order valence-electron chi connectivity index (χ0n) is 12.6. The van der Waals surface area contributed by atoms with Crippen molar-refractivity contribution in [3.63, 3.8) is 0 Å². The van der Waals surface area contributed by atoms with Gasteiger partial charge < -0.3 is 20.5 Å². The molecule has 3 N–H and O–H groups in total. The second kappa shape index (κ2) is 7.00. The van der Waals surface area contributed by atoms with Crippen molar-refractivity contribution in [2.45, 2.75) is 25.8 Å². The lowest BCUT2D eigenvalue weighted by Crippen LogP contribution is -2.48. The molecule has 0 spiro atoms. The molecule has 118 valence electrons. The van der Waals surface area contributed by atoms with Gasteiger partial charge in [-0.05, 0) is 44.0 Å². The molecule has 1 aromatic carbocycles. The molecule has 5 nitrogen and oxygen atoms in total. The normalized spacial score (nSPS) is 17.0. The highest BCUT2D eigenvalue weighted by atomic mass is 35.5. The summed E-state index contributed by atoms with van der Waals surface area (Å²) in [5, 5.41) is 2.88. The third kappa shape index (κ3) is 4.79. The maximum absolute atomic E-state index is 12.1. The van der Waals surface area contributed by atoms with Crippen molar-refractivity contribution in [1.29, 1.82) is 0 Å². The van der Waals surface area contributed by atoms with Crippen LogP contribution in [-0.2, 0) is 11.2 Å². The number of hydrogen-bond donors (Lipinski definition) is 2. The number of rotatable bonds is 4. The van der Waals surface area contributed by atoms with Crippen molar-refractivity contribution >= 4 is 18.3 Å². The number of hydrogen-bond acceptors (Lipinski definition) is 4. The van der Waals surface area contributed by atoms with Gasteiger partial charge in [0.05, 0.1) is 13.0 Å². The molecule has 0 fully saturated rings. The molecule has 0 radical (unpaired) electrons. The molecule has 1 amide bonds. The van der Waals surface area contributed by atoms with Gasteiger partial charge in [-0.1, -0.05) is 0 Å². The second-order valence-corrected chi connectivity index (χ2v) is 5.89. The fourth-order valence-electron chi connectivity index (χ4n) is 2.13. The molecule has 1 aromatic rings. The average molecular weight is 315 g/mol. The smallest absolute Gasteiger partial charge is 0.226 e. The van der Waals surface area contributed by atoms with Crippen LogP contribution in [0.3, 0.4) is 0 Å². The minimum Gasteiger partial charge on any atom is -0.497 e. The van der Waals surface area contributed by atoms with E-state index in [0.717, 1.165) is 17.1 Å². The van der Waals surface area contributed by atoms with E-state index in [1.807, 2.05) is 32.0 Å². The SMILES string of the molecule is COc1ccc2c(c1)CC(C(=O)NCC(C)(C)N)CO2.Cl. The molecule has 6 heteroatoms. The van der Waals surface area contributed by atoms with Gasteiger partial charge in [0.2, 0.25) is 5.91 Å². The number of benzene rings is 1. The van der Waals surface area contributed by atoms with Crippen LogP contribution in [0.5, 0.6) is 11.5 Å². The molecule has 1 atom stereocenters. The van der Waals surface area contributed by atoms with Crippen LogP contribution in [0.25, 0.3) is 0 Å². The number of amides is 1. The monoisotopic (exact) mass is 314 g/mol. The molecular weight excluding hydrogens is 292 g/mol. The molecule has 21 heavy (non-hydrogen) atoms. The number of fused-ring (bicyclic) bond motifs is 1. The third-order valence-corrected chi connectivity index (χ3v) is 3.26. The summed E-state index contributed by atoms with van der Waals surface area (Å²) in [5.41, 5.74) is 6.46. The summed E-state index contributed by atoms with van der Waals surface area (Å²) >= 11 is 0. The van der Waals surface area contributed by atoms with E-state index in [4.69, 9.17) is 15.2 Å². The maximum atomic E-state index is 12.1. The van der Waals surface area contributed by atoms with E-state index in [2.05, 4.69) is 5.32 Å². The summed E-state index contributed by atoms with van der Waals surface area (Å²) < 4.78 is 10.8. The Morgan fingerprint density at radius 1 is 1.52 bits per heavy atom. The Hall–Kier alpha value is -1.46. The van der Waals surface area contributed by atoms with E-state index in [-0.39, 0.29) is 24.2 Å². The molecule has 2 rings (SSSR count). The van der Waals surface area contributed by atoms with Crippen molar-refractivity contribution in [2.75, 3.05) is 20.3 Å². The maximum Gasteiger partial charge on any atom is 0.226 e. The van der Waals surface area contributed by atoms with Gasteiger partial charge in [-0.2, -0.15) is 0 Å². The van der Waals surface area contributed by atoms with Crippen LogP contribution in [-0.4, -0.2) is 31.7 Å². The van der Waals surface area contributed by atoms with E-state index in [1.54, 1.807) is 7.11 Å². The molecule has 0 aliphatic carbocycles. The first kappa shape index (κ1) is 17.6. The molecule has 1 aliphatic rings. The molecule has 0 saturated heterocycles. The Kier molecular flexibility index (Phi) is 5.87. The molecule has 0 aromatic heterocycles. The topological polar surface area (TPSA) is 73.6 Å². The molecule has 1 unspecified atom stereocenters. The molecular formula is C15H23ClN2O3. The van der Waals surface area contributed by atoms with Gasteiger partial charge in [-0.3, -0.25) is 4.79 Å². The summed E-state index contributed by atoms with van der Waals surface area (Å²) in [6, 6.07) is 5.66. The van der Waals surface area contributed by atoms with Crippen molar-refractivity contribution < 1.29 is 14.3 Å². The van der Waals surface area contributed by atoms with Gasteiger partial charge in [-0.15, -0.1) is 12.4 Å². The number of halogens is 1. The van der Waals surface area contributed by atoms with E-state index in [9.17, 15) is 4.79 Å². The van der Waals surface area contributed by atoms with Gasteiger partial charge in [0.25, 0.3) is 0 Å². The van der Waals surface area contributed by atoms with Gasteiger partial charge in [0, 0.05) is 12.1 Å². The third-order valence-electron chi connectivity index (χ3n) is 3.26. The number of nitrogens with two attached hydrogens (primary N) is 1. The number of nitrogens with one attached hydrogen (secondary N) is 1. The highest BCUT2D eigenvalue weighted by molar-refractivity contribution is 5.85. The largest absolute Gasteiger partial charge is 0.497 e. The number of carbonyl (C=O) groups excluding carboxylic acids is 1. The van der Waals surface area contributed by atoms with Crippen molar-refractivity contribution in [1.82, 2.24) is 5.32 Å². The van der Waals surface area contributed by atoms with E-state index in [1.165, 1.54) is 0 Å². The summed E-state index contributed by atoms with van der Waals surface area (Å²) in [7, 11) is 1.62. The zero-order chi connectivity index (χ0) is 14.8. The fraction of sp³-hybridized carbons (Fsp3) is 0.533. The lowest BCUT2D eigenvalue weighted by atomic mass is 9.95. The minimum atomic E-state index is -0.410. The van der Waals surface area contributed by atoms with Gasteiger partial charge >= 0.3 is 0 Å². The first-order valence-electron chi connectivity index (χ1n) is 6.75. The van der Waals surface area contributed by atoms with Crippen molar-refractivity contribution in [3.05, 3.63) is 23.8 Å². The number of ether oxygens (including phenoxy) is 2. The quantitative estimate of drug-likeness (QED) is 0.884. The molecule has 1 heterocycles. The van der Waals surface area contributed by atoms with Gasteiger partial charge in [-0.25, -0.2) is 0 Å². The van der Waals surface area contributed by atoms with Crippen LogP contribution < -0.4 is 20.5 Å². The fourth-order valence-corrected chi connectivity index (χ4v) is 2.13. The summed E-state index contributed by atoms with van der Waals surface area (Å²) in [6.07, 6.45) is 0.656. The lowest BCUT2D eigenvalue weighted by molar-refractivity contribution is -0.126. The Balaban J connectivity index is 0.00000220. The predicted octanol–water partition coefficient (Wildman–Crippen LogP) is 1.52. The Morgan fingerprint density at radius 3 is 2.86 bits per heavy atom. The van der Waals surface area contributed by atoms with Crippen LogP contribution in [0, 0.1) is 5.92 Å². The highest BCUT2D eigenvalue weighted by Gasteiger charge is 2.27. The van der Waals surface area contributed by atoms with Gasteiger partial charge in [0.1, 0.15) is 18.1 Å². The van der Waals surface area contributed by atoms with E-state index < -0.39 is 5.54 Å². The van der Waals surface area contributed by atoms with Crippen LogP contribution in [0.2, 0.25) is 0 Å². The second-order valence-electron chi connectivity index (χ2n) is 5.89. The standard InChI is InChI=1S/C15H22N2O3.ClH/c1-15(2,16)9-17-14(18)11-6-10-7-12(19-3)4-5-13(10)20-8-11;/h4-5,7,11H,6,8-9,16H2,1-3H3,(H,17,18);1H. The lowest BCUT2D eigenvalue weighted by Gasteiger charge is -2.26. The Morgan fingerprint density at radius 2 is 2.24 bits per heavy atom. The molecule has 0 bridgehead atoms. The van der Waals surface area contributed by atoms with E-state index in [0.29, 0.717) is 19.6 Å². The van der Waals surface area contributed by atoms with Crippen molar-refractivity contribution in [3.8, 4) is 11.5 Å². The average Bonchev–Trinajstić information content (AvgIpc) is 2.42. The molecule has 0 saturated carbocycles. The molecule has 1 aliphatic heterocycles. The minimum absolute atomic E-state index is 0. The van der Waals surface area contributed by atoms with Crippen molar-refractivity contribution in [2.24, 2.45) is 11.7 Å². The van der Waals surface area contributed by atoms with Gasteiger partial charge in [0.15, 0.2) is 0 Å². The number of methoxy groups -OCH3 is 1. The summed E-state index contributed by atoms with van der Waals surface area (Å²) in [4.78, 5) is 12.1. The van der Waals surface area contributed by atoms with Crippen LogP contribution >= 0.6 is 12.4 Å². The summed E-state index contributed by atoms with van der Waals surface area (Å²) in [6.45, 7) is 4.61. The first-order valence-corrected chi connectivity index (χ1v) is 6.75. The summed E-state index contributed by atoms with van der Waals surface area (Å²) in [5.74, 6) is 1.40. The highest BCUT2D eigenvalue weighted by Crippen LogP contribution is 2.30. The Bertz CT molecular complexity index is 500. The first-order chi connectivity index (χ1) is 9.39. The number of carbonyl (C=O) groups is 1. The van der Waals surface area contributed by atoms with Crippen LogP contribution in [0.15, 0.2) is 18.2 Å². The Labute approximate surface area is 131 Å².